The fourth-order valence-corrected chi connectivity index (χ4v) is 1.94. The molecule has 0 bridgehead atoms. The highest BCUT2D eigenvalue weighted by Crippen LogP contribution is 2.17. The lowest BCUT2D eigenvalue weighted by Gasteiger charge is -2.00. The van der Waals surface area contributed by atoms with Crippen LogP contribution in [0.5, 0.6) is 0 Å². The molecule has 1 aromatic carbocycles. The smallest absolute Gasteiger partial charge is 0.358 e. The first-order valence-corrected chi connectivity index (χ1v) is 5.26. The molecule has 0 amide bonds. The summed E-state index contributed by atoms with van der Waals surface area (Å²) in [5.74, 6) is -1.30. The van der Waals surface area contributed by atoms with Gasteiger partial charge in [0, 0.05) is 5.02 Å². The van der Waals surface area contributed by atoms with Gasteiger partial charge in [0.15, 0.2) is 5.52 Å². The standard InChI is InChI=1S/C10H5ClN4O3/c11-4-1-2-6-5(3-4)12-9(16)8-7(10(17)18)13-14-15(6)8/h1-3H,(H,12,16)(H,17,18). The number of halogens is 1. The van der Waals surface area contributed by atoms with Crippen LogP contribution in [0.1, 0.15) is 10.5 Å². The van der Waals surface area contributed by atoms with Gasteiger partial charge in [0.2, 0.25) is 5.69 Å². The van der Waals surface area contributed by atoms with Crippen LogP contribution in [0.25, 0.3) is 16.6 Å². The van der Waals surface area contributed by atoms with E-state index >= 15 is 0 Å². The van der Waals surface area contributed by atoms with Crippen LogP contribution >= 0.6 is 11.6 Å². The molecule has 2 N–H and O–H groups in total. The minimum Gasteiger partial charge on any atom is -0.476 e. The van der Waals surface area contributed by atoms with Crippen molar-refractivity contribution >= 4 is 34.1 Å². The molecule has 0 spiro atoms. The zero-order chi connectivity index (χ0) is 12.9. The van der Waals surface area contributed by atoms with Gasteiger partial charge in [-0.25, -0.2) is 9.31 Å². The Hall–Kier alpha value is -2.41. The van der Waals surface area contributed by atoms with Gasteiger partial charge >= 0.3 is 5.97 Å². The minimum absolute atomic E-state index is 0.0997. The lowest BCUT2D eigenvalue weighted by molar-refractivity contribution is 0.0692. The third-order valence-electron chi connectivity index (χ3n) is 2.52. The second-order valence-electron chi connectivity index (χ2n) is 3.62. The molecule has 0 atom stereocenters. The van der Waals surface area contributed by atoms with Crippen molar-refractivity contribution in [3.63, 3.8) is 0 Å². The molecule has 0 aliphatic carbocycles. The number of aromatic amines is 1. The summed E-state index contributed by atoms with van der Waals surface area (Å²) in [6, 6.07) is 4.80. The van der Waals surface area contributed by atoms with Crippen molar-refractivity contribution in [3.8, 4) is 0 Å². The van der Waals surface area contributed by atoms with E-state index in [1.54, 1.807) is 18.2 Å². The summed E-state index contributed by atoms with van der Waals surface area (Å²) in [5.41, 5.74) is -0.0755. The van der Waals surface area contributed by atoms with Gasteiger partial charge in [0.05, 0.1) is 11.0 Å². The summed E-state index contributed by atoms with van der Waals surface area (Å²) in [4.78, 5) is 25.3. The Morgan fingerprint density at radius 3 is 2.94 bits per heavy atom. The van der Waals surface area contributed by atoms with E-state index in [4.69, 9.17) is 16.7 Å². The van der Waals surface area contributed by atoms with E-state index in [1.807, 2.05) is 0 Å². The fraction of sp³-hybridized carbons (Fsp3) is 0. The lowest BCUT2D eigenvalue weighted by atomic mass is 10.3. The molecule has 0 saturated heterocycles. The van der Waals surface area contributed by atoms with Crippen LogP contribution in [0.3, 0.4) is 0 Å². The van der Waals surface area contributed by atoms with Crippen LogP contribution in [-0.4, -0.2) is 30.9 Å². The van der Waals surface area contributed by atoms with Gasteiger partial charge in [-0.3, -0.25) is 4.79 Å². The summed E-state index contributed by atoms with van der Waals surface area (Å²) in [5, 5.41) is 16.5. The minimum atomic E-state index is -1.30. The molecule has 0 unspecified atom stereocenters. The molecular weight excluding hydrogens is 260 g/mol. The van der Waals surface area contributed by atoms with E-state index in [0.29, 0.717) is 16.1 Å². The van der Waals surface area contributed by atoms with Crippen molar-refractivity contribution in [2.45, 2.75) is 0 Å². The maximum atomic E-state index is 11.8. The van der Waals surface area contributed by atoms with Crippen LogP contribution < -0.4 is 5.56 Å². The van der Waals surface area contributed by atoms with Crippen molar-refractivity contribution in [1.29, 1.82) is 0 Å². The molecule has 3 rings (SSSR count). The maximum absolute atomic E-state index is 11.8. The van der Waals surface area contributed by atoms with Gasteiger partial charge in [-0.05, 0) is 18.2 Å². The number of nitrogens with one attached hydrogen (secondary N) is 1. The number of fused-ring (bicyclic) bond motifs is 3. The van der Waals surface area contributed by atoms with E-state index in [0.717, 1.165) is 0 Å². The second-order valence-corrected chi connectivity index (χ2v) is 4.06. The monoisotopic (exact) mass is 264 g/mol. The number of carboxylic acids is 1. The maximum Gasteiger partial charge on any atom is 0.358 e. The molecule has 2 aromatic heterocycles. The van der Waals surface area contributed by atoms with Crippen LogP contribution in [0.4, 0.5) is 0 Å². The average molecular weight is 265 g/mol. The molecule has 0 fully saturated rings. The topological polar surface area (TPSA) is 100 Å². The van der Waals surface area contributed by atoms with Crippen molar-refractivity contribution in [1.82, 2.24) is 19.8 Å². The molecule has 2 heterocycles. The van der Waals surface area contributed by atoms with Gasteiger partial charge in [-0.15, -0.1) is 5.10 Å². The highest BCUT2D eigenvalue weighted by Gasteiger charge is 2.18. The first kappa shape index (κ1) is 10.7. The summed E-state index contributed by atoms with van der Waals surface area (Å²) in [6.45, 7) is 0. The Balaban J connectivity index is 2.57. The number of aromatic carboxylic acids is 1. The van der Waals surface area contributed by atoms with E-state index in [2.05, 4.69) is 15.3 Å². The molecule has 8 heteroatoms. The highest BCUT2D eigenvalue weighted by atomic mass is 35.5. The van der Waals surface area contributed by atoms with Gasteiger partial charge in [0.25, 0.3) is 5.56 Å². The van der Waals surface area contributed by atoms with Crippen LogP contribution in [0.2, 0.25) is 5.02 Å². The van der Waals surface area contributed by atoms with Gasteiger partial charge in [-0.1, -0.05) is 16.8 Å². The lowest BCUT2D eigenvalue weighted by Crippen LogP contribution is -2.13. The second kappa shape index (κ2) is 3.54. The highest BCUT2D eigenvalue weighted by molar-refractivity contribution is 6.31. The summed E-state index contributed by atoms with van der Waals surface area (Å²) < 4.78 is 1.19. The molecule has 0 aliphatic heterocycles. The molecule has 90 valence electrons. The van der Waals surface area contributed by atoms with E-state index in [9.17, 15) is 9.59 Å². The number of rotatable bonds is 1. The van der Waals surface area contributed by atoms with Crippen molar-refractivity contribution in [2.24, 2.45) is 0 Å². The molecular formula is C10H5ClN4O3. The van der Waals surface area contributed by atoms with Gasteiger partial charge in [0.1, 0.15) is 0 Å². The summed E-state index contributed by atoms with van der Waals surface area (Å²) >= 11 is 5.82. The molecule has 3 aromatic rings. The van der Waals surface area contributed by atoms with Crippen molar-refractivity contribution in [2.75, 3.05) is 0 Å². The largest absolute Gasteiger partial charge is 0.476 e. The van der Waals surface area contributed by atoms with Gasteiger partial charge in [-0.2, -0.15) is 0 Å². The quantitative estimate of drug-likeness (QED) is 0.681. The number of benzene rings is 1. The fourth-order valence-electron chi connectivity index (χ4n) is 1.77. The third-order valence-corrected chi connectivity index (χ3v) is 2.76. The first-order chi connectivity index (χ1) is 8.58. The van der Waals surface area contributed by atoms with Crippen molar-refractivity contribution in [3.05, 3.63) is 39.3 Å². The number of H-pyrrole nitrogens is 1. The van der Waals surface area contributed by atoms with Crippen molar-refractivity contribution < 1.29 is 9.90 Å². The summed E-state index contributed by atoms with van der Waals surface area (Å²) in [7, 11) is 0. The Morgan fingerprint density at radius 1 is 1.44 bits per heavy atom. The van der Waals surface area contributed by atoms with Gasteiger partial charge < -0.3 is 10.1 Å². The number of hydrogen-bond donors (Lipinski definition) is 2. The first-order valence-electron chi connectivity index (χ1n) is 4.88. The SMILES string of the molecule is O=C(O)c1nnn2c1c(=O)[nH]c1cc(Cl)ccc12. The Labute approximate surface area is 104 Å². The molecule has 0 radical (unpaired) electrons. The molecule has 18 heavy (non-hydrogen) atoms. The number of carbonyl (C=O) groups is 1. The van der Waals surface area contributed by atoms with Crippen LogP contribution in [0.15, 0.2) is 23.0 Å². The summed E-state index contributed by atoms with van der Waals surface area (Å²) in [6.07, 6.45) is 0. The van der Waals surface area contributed by atoms with Crippen LogP contribution in [0, 0.1) is 0 Å². The molecule has 7 nitrogen and oxygen atoms in total. The number of hydrogen-bond acceptors (Lipinski definition) is 4. The Kier molecular flexibility index (Phi) is 2.11. The Bertz CT molecular complexity index is 851. The Morgan fingerprint density at radius 2 is 2.22 bits per heavy atom. The zero-order valence-corrected chi connectivity index (χ0v) is 9.47. The predicted molar refractivity (Wildman–Crippen MR) is 63.1 cm³/mol. The molecule has 0 saturated carbocycles. The van der Waals surface area contributed by atoms with E-state index in [1.165, 1.54) is 4.52 Å². The number of nitrogens with zero attached hydrogens (tertiary/aromatic N) is 3. The predicted octanol–water partition coefficient (Wildman–Crippen LogP) is 0.922. The molecule has 0 aliphatic rings. The number of carboxylic acid groups (broad SMARTS) is 1. The number of aromatic nitrogens is 4. The van der Waals surface area contributed by atoms with E-state index < -0.39 is 11.5 Å². The van der Waals surface area contributed by atoms with Crippen LogP contribution in [-0.2, 0) is 0 Å². The average Bonchev–Trinajstić information content (AvgIpc) is 2.73. The normalized spacial score (nSPS) is 11.2. The zero-order valence-electron chi connectivity index (χ0n) is 8.72. The third kappa shape index (κ3) is 1.37. The van der Waals surface area contributed by atoms with E-state index in [-0.39, 0.29) is 11.2 Å².